The molecule has 0 aliphatic heterocycles. The maximum Gasteiger partial charge on any atom is 0.129 e. The summed E-state index contributed by atoms with van der Waals surface area (Å²) in [7, 11) is 0. The molecule has 0 fully saturated rings. The molecule has 0 heterocycles. The van der Waals surface area contributed by atoms with Crippen molar-refractivity contribution in [3.63, 3.8) is 0 Å². The van der Waals surface area contributed by atoms with Gasteiger partial charge in [0, 0.05) is 6.54 Å². The average Bonchev–Trinajstić information content (AvgIpc) is 2.38. The second kappa shape index (κ2) is 5.49. The van der Waals surface area contributed by atoms with Gasteiger partial charge >= 0.3 is 0 Å². The molecular weight excluding hydrogens is 258 g/mol. The van der Waals surface area contributed by atoms with Crippen LogP contribution in [-0.4, -0.2) is 0 Å². The summed E-state index contributed by atoms with van der Waals surface area (Å²) in [5.74, 6) is -0.493. The Kier molecular flexibility index (Phi) is 3.93. The van der Waals surface area contributed by atoms with E-state index in [1.807, 2.05) is 0 Å². The normalized spacial score (nSPS) is 10.7. The van der Waals surface area contributed by atoms with E-state index in [2.05, 4.69) is 5.32 Å². The van der Waals surface area contributed by atoms with Crippen molar-refractivity contribution in [1.82, 2.24) is 0 Å². The highest BCUT2D eigenvalue weighted by atomic mass is 19.1. The SMILES string of the molecule is Cc1cc(NCc2cc(C)c(F)c(C)c2)c(N)cc1F. The Morgan fingerprint density at radius 3 is 2.15 bits per heavy atom. The quantitative estimate of drug-likeness (QED) is 0.829. The van der Waals surface area contributed by atoms with E-state index < -0.39 is 0 Å². The van der Waals surface area contributed by atoms with Gasteiger partial charge in [0.1, 0.15) is 11.6 Å². The molecule has 20 heavy (non-hydrogen) atoms. The van der Waals surface area contributed by atoms with Gasteiger partial charge in [0.25, 0.3) is 0 Å². The van der Waals surface area contributed by atoms with Gasteiger partial charge in [-0.05, 0) is 55.2 Å². The second-order valence-electron chi connectivity index (χ2n) is 5.09. The molecule has 0 atom stereocenters. The van der Waals surface area contributed by atoms with Crippen molar-refractivity contribution in [1.29, 1.82) is 0 Å². The lowest BCUT2D eigenvalue weighted by Gasteiger charge is -2.12. The fourth-order valence-electron chi connectivity index (χ4n) is 2.18. The van der Waals surface area contributed by atoms with Crippen molar-refractivity contribution >= 4 is 11.4 Å². The molecule has 0 radical (unpaired) electrons. The molecule has 4 heteroatoms. The van der Waals surface area contributed by atoms with Crippen LogP contribution in [0.25, 0.3) is 0 Å². The number of anilines is 2. The van der Waals surface area contributed by atoms with Crippen LogP contribution >= 0.6 is 0 Å². The third-order valence-corrected chi connectivity index (χ3v) is 3.31. The molecule has 0 amide bonds. The molecule has 0 unspecified atom stereocenters. The molecule has 0 aliphatic carbocycles. The Balaban J connectivity index is 2.19. The van der Waals surface area contributed by atoms with E-state index in [1.165, 1.54) is 6.07 Å². The average molecular weight is 276 g/mol. The van der Waals surface area contributed by atoms with Gasteiger partial charge in [-0.1, -0.05) is 12.1 Å². The van der Waals surface area contributed by atoms with E-state index in [-0.39, 0.29) is 11.6 Å². The van der Waals surface area contributed by atoms with Gasteiger partial charge in [-0.15, -0.1) is 0 Å². The summed E-state index contributed by atoms with van der Waals surface area (Å²) >= 11 is 0. The lowest BCUT2D eigenvalue weighted by molar-refractivity contribution is 0.608. The van der Waals surface area contributed by atoms with Crippen molar-refractivity contribution in [3.8, 4) is 0 Å². The third-order valence-electron chi connectivity index (χ3n) is 3.31. The van der Waals surface area contributed by atoms with Gasteiger partial charge in [-0.2, -0.15) is 0 Å². The zero-order chi connectivity index (χ0) is 14.9. The Hall–Kier alpha value is -2.10. The topological polar surface area (TPSA) is 38.0 Å². The van der Waals surface area contributed by atoms with Crippen LogP contribution in [0.4, 0.5) is 20.2 Å². The summed E-state index contributed by atoms with van der Waals surface area (Å²) < 4.78 is 26.9. The summed E-state index contributed by atoms with van der Waals surface area (Å²) in [6.07, 6.45) is 0. The Bertz CT molecular complexity index is 628. The Morgan fingerprint density at radius 1 is 0.950 bits per heavy atom. The molecule has 2 aromatic carbocycles. The molecule has 0 saturated heterocycles. The van der Waals surface area contributed by atoms with Gasteiger partial charge in [0.05, 0.1) is 11.4 Å². The lowest BCUT2D eigenvalue weighted by atomic mass is 10.1. The van der Waals surface area contributed by atoms with Crippen LogP contribution < -0.4 is 11.1 Å². The van der Waals surface area contributed by atoms with Crippen molar-refractivity contribution in [2.75, 3.05) is 11.1 Å². The molecule has 2 nitrogen and oxygen atoms in total. The van der Waals surface area contributed by atoms with E-state index in [1.54, 1.807) is 39.0 Å². The molecule has 0 saturated carbocycles. The highest BCUT2D eigenvalue weighted by Crippen LogP contribution is 2.23. The summed E-state index contributed by atoms with van der Waals surface area (Å²) in [4.78, 5) is 0. The summed E-state index contributed by atoms with van der Waals surface area (Å²) in [5.41, 5.74) is 9.55. The third kappa shape index (κ3) is 2.90. The number of nitrogens with one attached hydrogen (secondary N) is 1. The fraction of sp³-hybridized carbons (Fsp3) is 0.250. The molecular formula is C16H18F2N2. The van der Waals surface area contributed by atoms with Crippen molar-refractivity contribution in [2.45, 2.75) is 27.3 Å². The van der Waals surface area contributed by atoms with E-state index in [0.29, 0.717) is 34.6 Å². The summed E-state index contributed by atoms with van der Waals surface area (Å²) in [6, 6.07) is 6.57. The fourth-order valence-corrected chi connectivity index (χ4v) is 2.18. The van der Waals surface area contributed by atoms with Crippen LogP contribution in [0.3, 0.4) is 0 Å². The van der Waals surface area contributed by atoms with Crippen LogP contribution in [0.15, 0.2) is 24.3 Å². The Labute approximate surface area is 117 Å². The maximum atomic E-state index is 13.6. The highest BCUT2D eigenvalue weighted by Gasteiger charge is 2.07. The van der Waals surface area contributed by atoms with Crippen LogP contribution in [0.5, 0.6) is 0 Å². The van der Waals surface area contributed by atoms with Crippen molar-refractivity contribution < 1.29 is 8.78 Å². The van der Waals surface area contributed by atoms with Gasteiger partial charge in [0.15, 0.2) is 0 Å². The number of halogens is 2. The minimum atomic E-state index is -0.318. The number of aryl methyl sites for hydroxylation is 3. The first kappa shape index (κ1) is 14.3. The van der Waals surface area contributed by atoms with Gasteiger partial charge in [-0.25, -0.2) is 8.78 Å². The van der Waals surface area contributed by atoms with Crippen LogP contribution in [0.2, 0.25) is 0 Å². The van der Waals surface area contributed by atoms with Gasteiger partial charge < -0.3 is 11.1 Å². The minimum Gasteiger partial charge on any atom is -0.397 e. The summed E-state index contributed by atoms with van der Waals surface area (Å²) in [6.45, 7) is 5.67. The molecule has 2 aromatic rings. The first-order chi connectivity index (χ1) is 9.38. The predicted octanol–water partition coefficient (Wildman–Crippen LogP) is 4.08. The molecule has 0 aromatic heterocycles. The number of benzene rings is 2. The monoisotopic (exact) mass is 276 g/mol. The second-order valence-corrected chi connectivity index (χ2v) is 5.09. The molecule has 0 bridgehead atoms. The number of nitrogen functional groups attached to an aromatic ring is 1. The molecule has 0 aliphatic rings. The molecule has 2 rings (SSSR count). The number of hydrogen-bond acceptors (Lipinski definition) is 2. The molecule has 3 N–H and O–H groups in total. The zero-order valence-electron chi connectivity index (χ0n) is 11.8. The first-order valence-corrected chi connectivity index (χ1v) is 6.43. The van der Waals surface area contributed by atoms with Crippen LogP contribution in [0, 0.1) is 32.4 Å². The Morgan fingerprint density at radius 2 is 1.55 bits per heavy atom. The maximum absolute atomic E-state index is 13.6. The zero-order valence-corrected chi connectivity index (χ0v) is 11.8. The predicted molar refractivity (Wildman–Crippen MR) is 78.8 cm³/mol. The van der Waals surface area contributed by atoms with Crippen molar-refractivity contribution in [3.05, 3.63) is 58.2 Å². The standard InChI is InChI=1S/C16H18F2N2/c1-9-6-15(14(19)7-13(9)17)20-8-12-4-10(2)16(18)11(3)5-12/h4-7,20H,8,19H2,1-3H3. The number of nitrogens with two attached hydrogens (primary N) is 1. The van der Waals surface area contributed by atoms with Gasteiger partial charge in [-0.3, -0.25) is 0 Å². The number of hydrogen-bond donors (Lipinski definition) is 2. The summed E-state index contributed by atoms with van der Waals surface area (Å²) in [5, 5.41) is 3.16. The molecule has 0 spiro atoms. The highest BCUT2D eigenvalue weighted by molar-refractivity contribution is 5.67. The van der Waals surface area contributed by atoms with E-state index >= 15 is 0 Å². The van der Waals surface area contributed by atoms with Gasteiger partial charge in [0.2, 0.25) is 0 Å². The number of rotatable bonds is 3. The van der Waals surface area contributed by atoms with E-state index in [9.17, 15) is 8.78 Å². The van der Waals surface area contributed by atoms with Crippen LogP contribution in [0.1, 0.15) is 22.3 Å². The van der Waals surface area contributed by atoms with Crippen molar-refractivity contribution in [2.24, 2.45) is 0 Å². The van der Waals surface area contributed by atoms with Crippen LogP contribution in [-0.2, 0) is 6.54 Å². The first-order valence-electron chi connectivity index (χ1n) is 6.43. The van der Waals surface area contributed by atoms with E-state index in [4.69, 9.17) is 5.73 Å². The van der Waals surface area contributed by atoms with E-state index in [0.717, 1.165) is 5.56 Å². The molecule has 106 valence electrons. The minimum absolute atomic E-state index is 0.175. The smallest absolute Gasteiger partial charge is 0.129 e. The largest absolute Gasteiger partial charge is 0.397 e. The lowest BCUT2D eigenvalue weighted by Crippen LogP contribution is -2.05.